The average Bonchev–Trinajstić information content (AvgIpc) is 2.73. The van der Waals surface area contributed by atoms with Crippen molar-refractivity contribution in [3.63, 3.8) is 0 Å². The van der Waals surface area contributed by atoms with Crippen LogP contribution in [0.5, 0.6) is 0 Å². The number of nitrogens with two attached hydrogens (primary N) is 1. The highest BCUT2D eigenvalue weighted by molar-refractivity contribution is 5.07. The van der Waals surface area contributed by atoms with E-state index >= 15 is 0 Å². The molecular weight excluding hydrogens is 200 g/mol. The molecule has 0 saturated carbocycles. The van der Waals surface area contributed by atoms with Crippen LogP contribution in [-0.4, -0.2) is 15.8 Å². The molecule has 16 heavy (non-hydrogen) atoms. The van der Waals surface area contributed by atoms with E-state index < -0.39 is 0 Å². The summed E-state index contributed by atoms with van der Waals surface area (Å²) in [6, 6.07) is 0.284. The van der Waals surface area contributed by atoms with Crippen LogP contribution in [0.3, 0.4) is 0 Å². The van der Waals surface area contributed by atoms with Crippen molar-refractivity contribution >= 4 is 0 Å². The third kappa shape index (κ3) is 3.06. The molecule has 1 rings (SSSR count). The molecule has 3 N–H and O–H groups in total. The summed E-state index contributed by atoms with van der Waals surface area (Å²) in [5, 5.41) is 4.28. The lowest BCUT2D eigenvalue weighted by atomic mass is 9.79. The van der Waals surface area contributed by atoms with Crippen molar-refractivity contribution in [1.29, 1.82) is 0 Å². The van der Waals surface area contributed by atoms with Crippen LogP contribution < -0.4 is 11.3 Å². The maximum Gasteiger partial charge on any atom is 0.0522 e. The van der Waals surface area contributed by atoms with E-state index in [1.165, 1.54) is 5.56 Å². The van der Waals surface area contributed by atoms with Gasteiger partial charge in [-0.25, -0.2) is 0 Å². The zero-order valence-electron chi connectivity index (χ0n) is 10.8. The number of nitrogens with one attached hydrogen (secondary N) is 1. The third-order valence-electron chi connectivity index (χ3n) is 3.51. The normalized spacial score (nSPS) is 14.1. The molecule has 1 aromatic heterocycles. The molecule has 0 saturated heterocycles. The lowest BCUT2D eigenvalue weighted by molar-refractivity contribution is 0.231. The molecule has 1 atom stereocenters. The summed E-state index contributed by atoms with van der Waals surface area (Å²) in [5.41, 5.74) is 4.37. The number of aromatic nitrogens is 2. The predicted molar refractivity (Wildman–Crippen MR) is 66.8 cm³/mol. The maximum absolute atomic E-state index is 5.64. The quantitative estimate of drug-likeness (QED) is 0.571. The van der Waals surface area contributed by atoms with Gasteiger partial charge in [0.15, 0.2) is 0 Å². The van der Waals surface area contributed by atoms with Crippen molar-refractivity contribution in [2.75, 3.05) is 0 Å². The van der Waals surface area contributed by atoms with E-state index in [1.807, 2.05) is 10.9 Å². The molecule has 0 aliphatic heterocycles. The van der Waals surface area contributed by atoms with E-state index in [2.05, 4.69) is 44.4 Å². The molecule has 92 valence electrons. The first-order valence-electron chi connectivity index (χ1n) is 6.01. The van der Waals surface area contributed by atoms with Gasteiger partial charge in [0.1, 0.15) is 0 Å². The summed E-state index contributed by atoms with van der Waals surface area (Å²) < 4.78 is 1.95. The fraction of sp³-hybridized carbons (Fsp3) is 0.750. The number of hydrogen-bond donors (Lipinski definition) is 2. The highest BCUT2D eigenvalue weighted by Gasteiger charge is 2.27. The van der Waals surface area contributed by atoms with Crippen molar-refractivity contribution in [1.82, 2.24) is 15.2 Å². The Morgan fingerprint density at radius 2 is 2.19 bits per heavy atom. The maximum atomic E-state index is 5.64. The molecule has 0 amide bonds. The van der Waals surface area contributed by atoms with Crippen molar-refractivity contribution in [3.8, 4) is 0 Å². The largest absolute Gasteiger partial charge is 0.273 e. The van der Waals surface area contributed by atoms with Crippen LogP contribution >= 0.6 is 0 Å². The lowest BCUT2D eigenvalue weighted by Crippen LogP contribution is -2.46. The van der Waals surface area contributed by atoms with Crippen molar-refractivity contribution in [3.05, 3.63) is 18.0 Å². The molecule has 0 aliphatic carbocycles. The van der Waals surface area contributed by atoms with Gasteiger partial charge in [-0.2, -0.15) is 5.10 Å². The number of hydrazine groups is 1. The van der Waals surface area contributed by atoms with Crippen LogP contribution in [0.2, 0.25) is 0 Å². The van der Waals surface area contributed by atoms with Crippen LogP contribution in [0.4, 0.5) is 0 Å². The molecule has 0 radical (unpaired) electrons. The second-order valence-electron chi connectivity index (χ2n) is 4.97. The van der Waals surface area contributed by atoms with Crippen LogP contribution in [0.25, 0.3) is 0 Å². The summed E-state index contributed by atoms with van der Waals surface area (Å²) in [7, 11) is 0. The van der Waals surface area contributed by atoms with Gasteiger partial charge in [0.05, 0.1) is 6.20 Å². The summed E-state index contributed by atoms with van der Waals surface area (Å²) in [5.74, 6) is 5.64. The minimum absolute atomic E-state index is 0.197. The van der Waals surface area contributed by atoms with Gasteiger partial charge in [-0.3, -0.25) is 16.0 Å². The van der Waals surface area contributed by atoms with Crippen LogP contribution in [-0.2, 0) is 13.0 Å². The van der Waals surface area contributed by atoms with Crippen molar-refractivity contribution < 1.29 is 0 Å². The molecular formula is C12H24N4. The smallest absolute Gasteiger partial charge is 0.0522 e. The van der Waals surface area contributed by atoms with E-state index in [4.69, 9.17) is 5.84 Å². The predicted octanol–water partition coefficient (Wildman–Crippen LogP) is 1.71. The molecule has 0 bridgehead atoms. The zero-order chi connectivity index (χ0) is 12.2. The van der Waals surface area contributed by atoms with E-state index in [-0.39, 0.29) is 11.5 Å². The Balaban J connectivity index is 2.70. The molecule has 1 aromatic rings. The molecule has 0 aliphatic rings. The van der Waals surface area contributed by atoms with Crippen LogP contribution in [0.1, 0.15) is 39.7 Å². The Kier molecular flexibility index (Phi) is 4.50. The van der Waals surface area contributed by atoms with Gasteiger partial charge in [0.2, 0.25) is 0 Å². The standard InChI is InChI=1S/C12H24N4/c1-5-12(3,4)11(15-13)7-10-8-14-16(6-2)9-10/h8-9,11,15H,5-7,13H2,1-4H3. The van der Waals surface area contributed by atoms with Gasteiger partial charge in [-0.15, -0.1) is 0 Å². The number of rotatable bonds is 6. The molecule has 0 fully saturated rings. The number of nitrogens with zero attached hydrogens (tertiary/aromatic N) is 2. The van der Waals surface area contributed by atoms with Crippen molar-refractivity contribution in [2.24, 2.45) is 11.3 Å². The first-order chi connectivity index (χ1) is 7.53. The summed E-state index contributed by atoms with van der Waals surface area (Å²) in [6.45, 7) is 9.67. The summed E-state index contributed by atoms with van der Waals surface area (Å²) >= 11 is 0. The molecule has 4 nitrogen and oxygen atoms in total. The second-order valence-corrected chi connectivity index (χ2v) is 4.97. The van der Waals surface area contributed by atoms with Crippen LogP contribution in [0, 0.1) is 5.41 Å². The average molecular weight is 224 g/mol. The monoisotopic (exact) mass is 224 g/mol. The second kappa shape index (κ2) is 5.46. The zero-order valence-corrected chi connectivity index (χ0v) is 10.8. The van der Waals surface area contributed by atoms with E-state index in [1.54, 1.807) is 0 Å². The van der Waals surface area contributed by atoms with Gasteiger partial charge < -0.3 is 0 Å². The lowest BCUT2D eigenvalue weighted by Gasteiger charge is -2.32. The first-order valence-corrected chi connectivity index (χ1v) is 6.01. The highest BCUT2D eigenvalue weighted by atomic mass is 15.3. The van der Waals surface area contributed by atoms with Gasteiger partial charge in [-0.05, 0) is 30.7 Å². The number of hydrogen-bond acceptors (Lipinski definition) is 3. The Morgan fingerprint density at radius 1 is 1.50 bits per heavy atom. The highest BCUT2D eigenvalue weighted by Crippen LogP contribution is 2.26. The van der Waals surface area contributed by atoms with Crippen LogP contribution in [0.15, 0.2) is 12.4 Å². The molecule has 1 heterocycles. The Hall–Kier alpha value is -0.870. The number of aryl methyl sites for hydroxylation is 1. The van der Waals surface area contributed by atoms with Gasteiger partial charge >= 0.3 is 0 Å². The molecule has 1 unspecified atom stereocenters. The molecule has 0 spiro atoms. The first kappa shape index (κ1) is 13.2. The van der Waals surface area contributed by atoms with Gasteiger partial charge in [-0.1, -0.05) is 20.8 Å². The van der Waals surface area contributed by atoms with E-state index in [9.17, 15) is 0 Å². The van der Waals surface area contributed by atoms with E-state index in [0.717, 1.165) is 19.4 Å². The van der Waals surface area contributed by atoms with Gasteiger partial charge in [0.25, 0.3) is 0 Å². The topological polar surface area (TPSA) is 55.9 Å². The Labute approximate surface area is 98.2 Å². The fourth-order valence-electron chi connectivity index (χ4n) is 1.73. The Bertz CT molecular complexity index is 317. The molecule has 0 aromatic carbocycles. The van der Waals surface area contributed by atoms with E-state index in [0.29, 0.717) is 0 Å². The fourth-order valence-corrected chi connectivity index (χ4v) is 1.73. The summed E-state index contributed by atoms with van der Waals surface area (Å²) in [6.07, 6.45) is 6.05. The molecule has 4 heteroatoms. The SMILES string of the molecule is CCn1cc(CC(NN)C(C)(C)CC)cn1. The van der Waals surface area contributed by atoms with Gasteiger partial charge in [0, 0.05) is 18.8 Å². The Morgan fingerprint density at radius 3 is 2.62 bits per heavy atom. The minimum atomic E-state index is 0.197. The minimum Gasteiger partial charge on any atom is -0.273 e. The third-order valence-corrected chi connectivity index (χ3v) is 3.51. The van der Waals surface area contributed by atoms with Crippen molar-refractivity contribution in [2.45, 2.75) is 53.1 Å². The summed E-state index contributed by atoms with van der Waals surface area (Å²) in [4.78, 5) is 0.